The van der Waals surface area contributed by atoms with E-state index in [2.05, 4.69) is 31.3 Å². The fourth-order valence-electron chi connectivity index (χ4n) is 3.44. The van der Waals surface area contributed by atoms with E-state index < -0.39 is 6.04 Å². The maximum Gasteiger partial charge on any atom is 0.243 e. The van der Waals surface area contributed by atoms with E-state index in [9.17, 15) is 9.59 Å². The molecule has 2 aromatic rings. The number of carbonyl (C=O) groups excluding carboxylic acids is 2. The van der Waals surface area contributed by atoms with Crippen molar-refractivity contribution in [3.63, 3.8) is 0 Å². The van der Waals surface area contributed by atoms with Gasteiger partial charge in [0.05, 0.1) is 6.42 Å². The molecule has 2 aromatic carbocycles. The van der Waals surface area contributed by atoms with Gasteiger partial charge in [-0.15, -0.1) is 0 Å². The number of rotatable bonds is 9. The number of hydrogen-bond acceptors (Lipinski definition) is 2. The average Bonchev–Trinajstić information content (AvgIpc) is 2.71. The van der Waals surface area contributed by atoms with Crippen molar-refractivity contribution in [1.82, 2.24) is 10.2 Å². The van der Waals surface area contributed by atoms with E-state index in [4.69, 9.17) is 0 Å². The molecule has 0 radical (unpaired) electrons. The summed E-state index contributed by atoms with van der Waals surface area (Å²) in [6.07, 6.45) is 1.73. The summed E-state index contributed by atoms with van der Waals surface area (Å²) in [6, 6.07) is 13.9. The average molecular weight is 409 g/mol. The van der Waals surface area contributed by atoms with Crippen LogP contribution in [-0.2, 0) is 22.6 Å². The van der Waals surface area contributed by atoms with Gasteiger partial charge in [0.25, 0.3) is 0 Å². The zero-order valence-electron chi connectivity index (χ0n) is 19.3. The Morgan fingerprint density at radius 3 is 2.10 bits per heavy atom. The van der Waals surface area contributed by atoms with Gasteiger partial charge < -0.3 is 10.2 Å². The molecular formula is C26H36N2O2. The van der Waals surface area contributed by atoms with Crippen LogP contribution in [0.25, 0.3) is 0 Å². The number of nitrogens with zero attached hydrogens (tertiary/aromatic N) is 1. The van der Waals surface area contributed by atoms with Crippen LogP contribution in [0.3, 0.4) is 0 Å². The molecule has 0 aliphatic heterocycles. The predicted octanol–water partition coefficient (Wildman–Crippen LogP) is 4.88. The van der Waals surface area contributed by atoms with Gasteiger partial charge in [-0.25, -0.2) is 0 Å². The standard InChI is InChI=1S/C26H36N2O2/c1-7-21(6)27-26(30)24(8-2)28(17-22-12-9-18(3)10-13-22)25(29)16-23-14-11-19(4)20(5)15-23/h9-15,21,24H,7-8,16-17H2,1-6H3,(H,27,30)/t21-,24+/m0/s1. The van der Waals surface area contributed by atoms with Gasteiger partial charge in [-0.2, -0.15) is 0 Å². The number of carbonyl (C=O) groups is 2. The minimum absolute atomic E-state index is 0.0232. The van der Waals surface area contributed by atoms with E-state index in [-0.39, 0.29) is 17.9 Å². The maximum atomic E-state index is 13.4. The molecule has 0 aliphatic rings. The lowest BCUT2D eigenvalue weighted by Gasteiger charge is -2.31. The van der Waals surface area contributed by atoms with Crippen molar-refractivity contribution in [2.45, 2.75) is 79.4 Å². The van der Waals surface area contributed by atoms with Crippen LogP contribution in [0.2, 0.25) is 0 Å². The first kappa shape index (κ1) is 23.7. The molecule has 2 amide bonds. The van der Waals surface area contributed by atoms with Gasteiger partial charge in [-0.05, 0) is 62.8 Å². The lowest BCUT2D eigenvalue weighted by Crippen LogP contribution is -2.51. The van der Waals surface area contributed by atoms with E-state index in [0.29, 0.717) is 19.4 Å². The predicted molar refractivity (Wildman–Crippen MR) is 123 cm³/mol. The highest BCUT2D eigenvalue weighted by Gasteiger charge is 2.29. The van der Waals surface area contributed by atoms with Crippen molar-refractivity contribution in [3.8, 4) is 0 Å². The molecule has 2 atom stereocenters. The summed E-state index contributed by atoms with van der Waals surface area (Å²) in [5, 5.41) is 3.06. The van der Waals surface area contributed by atoms with E-state index >= 15 is 0 Å². The van der Waals surface area contributed by atoms with Gasteiger partial charge in [0.1, 0.15) is 6.04 Å². The lowest BCUT2D eigenvalue weighted by atomic mass is 10.0. The van der Waals surface area contributed by atoms with Gasteiger partial charge in [0.15, 0.2) is 0 Å². The fourth-order valence-corrected chi connectivity index (χ4v) is 3.44. The van der Waals surface area contributed by atoms with Crippen LogP contribution in [0.15, 0.2) is 42.5 Å². The topological polar surface area (TPSA) is 49.4 Å². The minimum Gasteiger partial charge on any atom is -0.352 e. The number of hydrogen-bond donors (Lipinski definition) is 1. The van der Waals surface area contributed by atoms with Crippen molar-refractivity contribution in [3.05, 3.63) is 70.3 Å². The smallest absolute Gasteiger partial charge is 0.243 e. The van der Waals surface area contributed by atoms with Gasteiger partial charge in [0.2, 0.25) is 11.8 Å². The summed E-state index contributed by atoms with van der Waals surface area (Å²) in [4.78, 5) is 28.1. The molecule has 2 rings (SSSR count). The molecule has 0 spiro atoms. The molecule has 162 valence electrons. The van der Waals surface area contributed by atoms with Crippen molar-refractivity contribution in [2.75, 3.05) is 0 Å². The number of amides is 2. The summed E-state index contributed by atoms with van der Waals surface area (Å²) in [6.45, 7) is 12.6. The zero-order valence-corrected chi connectivity index (χ0v) is 19.3. The molecule has 30 heavy (non-hydrogen) atoms. The second-order valence-corrected chi connectivity index (χ2v) is 8.34. The molecular weight excluding hydrogens is 372 g/mol. The molecule has 0 aromatic heterocycles. The normalized spacial score (nSPS) is 12.9. The van der Waals surface area contributed by atoms with Crippen molar-refractivity contribution in [1.29, 1.82) is 0 Å². The third-order valence-corrected chi connectivity index (χ3v) is 5.79. The molecule has 0 bridgehead atoms. The molecule has 0 unspecified atom stereocenters. The first-order valence-electron chi connectivity index (χ1n) is 11.0. The molecule has 0 saturated carbocycles. The number of benzene rings is 2. The molecule has 0 fully saturated rings. The van der Waals surface area contributed by atoms with E-state index in [1.54, 1.807) is 4.90 Å². The van der Waals surface area contributed by atoms with Crippen molar-refractivity contribution in [2.24, 2.45) is 0 Å². The Hall–Kier alpha value is -2.62. The highest BCUT2D eigenvalue weighted by atomic mass is 16.2. The molecule has 4 nitrogen and oxygen atoms in total. The molecule has 1 N–H and O–H groups in total. The lowest BCUT2D eigenvalue weighted by molar-refractivity contribution is -0.141. The summed E-state index contributed by atoms with van der Waals surface area (Å²) < 4.78 is 0. The van der Waals surface area contributed by atoms with Crippen LogP contribution in [0.4, 0.5) is 0 Å². The van der Waals surface area contributed by atoms with Gasteiger partial charge in [-0.3, -0.25) is 9.59 Å². The Morgan fingerprint density at radius 2 is 1.53 bits per heavy atom. The highest BCUT2D eigenvalue weighted by Crippen LogP contribution is 2.17. The number of nitrogens with one attached hydrogen (secondary N) is 1. The summed E-state index contributed by atoms with van der Waals surface area (Å²) in [5.74, 6) is -0.0997. The van der Waals surface area contributed by atoms with E-state index in [1.165, 1.54) is 16.7 Å². The minimum atomic E-state index is -0.487. The monoisotopic (exact) mass is 408 g/mol. The van der Waals surface area contributed by atoms with Crippen LogP contribution in [0, 0.1) is 20.8 Å². The van der Waals surface area contributed by atoms with Crippen molar-refractivity contribution >= 4 is 11.8 Å². The van der Waals surface area contributed by atoms with Crippen LogP contribution in [-0.4, -0.2) is 28.8 Å². The molecule has 0 aliphatic carbocycles. The Balaban J connectivity index is 2.30. The van der Waals surface area contributed by atoms with Crippen LogP contribution in [0.5, 0.6) is 0 Å². The number of aryl methyl sites for hydroxylation is 3. The second kappa shape index (κ2) is 11.0. The zero-order chi connectivity index (χ0) is 22.3. The van der Waals surface area contributed by atoms with Gasteiger partial charge in [-0.1, -0.05) is 61.9 Å². The fraction of sp³-hybridized carbons (Fsp3) is 0.462. The summed E-state index contributed by atoms with van der Waals surface area (Å²) >= 11 is 0. The van der Waals surface area contributed by atoms with E-state index in [0.717, 1.165) is 17.5 Å². The van der Waals surface area contributed by atoms with Gasteiger partial charge >= 0.3 is 0 Å². The summed E-state index contributed by atoms with van der Waals surface area (Å²) in [5.41, 5.74) is 5.57. The first-order valence-corrected chi connectivity index (χ1v) is 11.0. The second-order valence-electron chi connectivity index (χ2n) is 8.34. The molecule has 4 heteroatoms. The molecule has 0 heterocycles. The van der Waals surface area contributed by atoms with Crippen LogP contribution in [0.1, 0.15) is 61.4 Å². The Morgan fingerprint density at radius 1 is 0.900 bits per heavy atom. The SMILES string of the molecule is CC[C@H](C(=O)N[C@@H](C)CC)N(Cc1ccc(C)cc1)C(=O)Cc1ccc(C)c(C)c1. The van der Waals surface area contributed by atoms with Gasteiger partial charge in [0, 0.05) is 12.6 Å². The Labute approximate surface area is 181 Å². The quantitative estimate of drug-likeness (QED) is 0.643. The van der Waals surface area contributed by atoms with Crippen molar-refractivity contribution < 1.29 is 9.59 Å². The maximum absolute atomic E-state index is 13.4. The Bertz CT molecular complexity index is 858. The van der Waals surface area contributed by atoms with Crippen LogP contribution >= 0.6 is 0 Å². The Kier molecular flexibility index (Phi) is 8.64. The third-order valence-electron chi connectivity index (χ3n) is 5.79. The third kappa shape index (κ3) is 6.45. The molecule has 0 saturated heterocycles. The summed E-state index contributed by atoms with van der Waals surface area (Å²) in [7, 11) is 0. The highest BCUT2D eigenvalue weighted by molar-refractivity contribution is 5.88. The van der Waals surface area contributed by atoms with Crippen LogP contribution < -0.4 is 5.32 Å². The van der Waals surface area contributed by atoms with E-state index in [1.807, 2.05) is 58.0 Å². The largest absolute Gasteiger partial charge is 0.352 e. The first-order chi connectivity index (χ1) is 14.2.